The summed E-state index contributed by atoms with van der Waals surface area (Å²) in [7, 11) is 0. The molecule has 2 heteroatoms. The van der Waals surface area contributed by atoms with Gasteiger partial charge in [-0.1, -0.05) is 31.6 Å². The molecule has 1 N–H and O–H groups in total. The van der Waals surface area contributed by atoms with Crippen molar-refractivity contribution in [2.75, 3.05) is 0 Å². The number of carboxylic acids is 1. The zero-order chi connectivity index (χ0) is 12.7. The van der Waals surface area contributed by atoms with Crippen molar-refractivity contribution in [2.24, 2.45) is 0 Å². The van der Waals surface area contributed by atoms with E-state index in [0.717, 1.165) is 25.7 Å². The molecule has 0 aliphatic carbocycles. The van der Waals surface area contributed by atoms with Gasteiger partial charge in [0.05, 0.1) is 5.56 Å². The van der Waals surface area contributed by atoms with E-state index in [0.29, 0.717) is 11.5 Å². The molecule has 0 saturated heterocycles. The first-order chi connectivity index (χ1) is 8.19. The SMILES string of the molecule is C=CCC[C@H](CCC)c1ccc(C(=O)O)cc1. The number of benzene rings is 1. The van der Waals surface area contributed by atoms with Crippen LogP contribution in [0.15, 0.2) is 36.9 Å². The second-order valence-electron chi connectivity index (χ2n) is 4.28. The van der Waals surface area contributed by atoms with Gasteiger partial charge in [-0.25, -0.2) is 4.79 Å². The molecule has 0 unspecified atom stereocenters. The van der Waals surface area contributed by atoms with Crippen LogP contribution in [0.2, 0.25) is 0 Å². The molecule has 17 heavy (non-hydrogen) atoms. The molecule has 1 aromatic carbocycles. The van der Waals surface area contributed by atoms with Crippen LogP contribution < -0.4 is 0 Å². The van der Waals surface area contributed by atoms with Crippen molar-refractivity contribution >= 4 is 5.97 Å². The lowest BCUT2D eigenvalue weighted by Gasteiger charge is -2.15. The summed E-state index contributed by atoms with van der Waals surface area (Å²) in [4.78, 5) is 10.8. The highest BCUT2D eigenvalue weighted by Gasteiger charge is 2.10. The van der Waals surface area contributed by atoms with Gasteiger partial charge < -0.3 is 5.11 Å². The topological polar surface area (TPSA) is 37.3 Å². The van der Waals surface area contributed by atoms with E-state index >= 15 is 0 Å². The molecule has 2 nitrogen and oxygen atoms in total. The molecule has 1 rings (SSSR count). The smallest absolute Gasteiger partial charge is 0.335 e. The number of aromatic carboxylic acids is 1. The summed E-state index contributed by atoms with van der Waals surface area (Å²) in [6, 6.07) is 7.25. The van der Waals surface area contributed by atoms with Crippen LogP contribution in [0.4, 0.5) is 0 Å². The second kappa shape index (κ2) is 6.89. The lowest BCUT2D eigenvalue weighted by Crippen LogP contribution is -2.01. The van der Waals surface area contributed by atoms with Gasteiger partial charge in [0.25, 0.3) is 0 Å². The van der Waals surface area contributed by atoms with E-state index in [1.54, 1.807) is 12.1 Å². The Kier molecular flexibility index (Phi) is 5.47. The maximum absolute atomic E-state index is 10.8. The largest absolute Gasteiger partial charge is 0.478 e. The Morgan fingerprint density at radius 3 is 2.47 bits per heavy atom. The van der Waals surface area contributed by atoms with E-state index in [-0.39, 0.29) is 0 Å². The standard InChI is InChI=1S/C15H20O2/c1-3-5-7-12(6-4-2)13-8-10-14(11-9-13)15(16)17/h3,8-12H,1,4-7H2,2H3,(H,16,17)/t12-/m0/s1. The summed E-state index contributed by atoms with van der Waals surface area (Å²) in [6.45, 7) is 5.92. The van der Waals surface area contributed by atoms with E-state index in [2.05, 4.69) is 13.5 Å². The fourth-order valence-electron chi connectivity index (χ4n) is 2.04. The first kappa shape index (κ1) is 13.5. The predicted octanol–water partition coefficient (Wildman–Crippen LogP) is 4.23. The van der Waals surface area contributed by atoms with Crippen LogP contribution in [0.3, 0.4) is 0 Å². The Morgan fingerprint density at radius 2 is 2.00 bits per heavy atom. The van der Waals surface area contributed by atoms with E-state index < -0.39 is 5.97 Å². The monoisotopic (exact) mass is 232 g/mol. The molecular weight excluding hydrogens is 212 g/mol. The first-order valence-corrected chi connectivity index (χ1v) is 6.13. The molecule has 0 aromatic heterocycles. The third kappa shape index (κ3) is 4.06. The summed E-state index contributed by atoms with van der Waals surface area (Å²) in [5.41, 5.74) is 1.59. The number of carboxylic acid groups (broad SMARTS) is 1. The molecule has 0 amide bonds. The normalized spacial score (nSPS) is 12.1. The van der Waals surface area contributed by atoms with Crippen molar-refractivity contribution in [3.05, 3.63) is 48.0 Å². The highest BCUT2D eigenvalue weighted by Crippen LogP contribution is 2.26. The highest BCUT2D eigenvalue weighted by atomic mass is 16.4. The van der Waals surface area contributed by atoms with Crippen molar-refractivity contribution in [3.63, 3.8) is 0 Å². The minimum Gasteiger partial charge on any atom is -0.478 e. The van der Waals surface area contributed by atoms with E-state index in [1.807, 2.05) is 18.2 Å². The lowest BCUT2D eigenvalue weighted by molar-refractivity contribution is 0.0697. The van der Waals surface area contributed by atoms with Gasteiger partial charge in [0.2, 0.25) is 0 Å². The minimum atomic E-state index is -0.866. The quantitative estimate of drug-likeness (QED) is 0.714. The molecule has 0 aliphatic heterocycles. The highest BCUT2D eigenvalue weighted by molar-refractivity contribution is 5.87. The van der Waals surface area contributed by atoms with Gasteiger partial charge in [-0.3, -0.25) is 0 Å². The summed E-state index contributed by atoms with van der Waals surface area (Å²) in [6.07, 6.45) is 6.31. The van der Waals surface area contributed by atoms with E-state index in [4.69, 9.17) is 5.11 Å². The van der Waals surface area contributed by atoms with Gasteiger partial charge in [0.1, 0.15) is 0 Å². The van der Waals surface area contributed by atoms with E-state index in [1.165, 1.54) is 5.56 Å². The summed E-state index contributed by atoms with van der Waals surface area (Å²) >= 11 is 0. The Labute approximate surface area is 103 Å². The lowest BCUT2D eigenvalue weighted by atomic mass is 9.90. The molecule has 1 aromatic rings. The average molecular weight is 232 g/mol. The molecule has 0 radical (unpaired) electrons. The maximum atomic E-state index is 10.8. The zero-order valence-electron chi connectivity index (χ0n) is 10.4. The van der Waals surface area contributed by atoms with Gasteiger partial charge in [0.15, 0.2) is 0 Å². The first-order valence-electron chi connectivity index (χ1n) is 6.13. The Bertz CT molecular complexity index is 365. The minimum absolute atomic E-state index is 0.354. The third-order valence-electron chi connectivity index (χ3n) is 2.99. The number of carbonyl (C=O) groups is 1. The van der Waals surface area contributed by atoms with Crippen molar-refractivity contribution < 1.29 is 9.90 Å². The van der Waals surface area contributed by atoms with Gasteiger partial charge >= 0.3 is 5.97 Å². The average Bonchev–Trinajstić information content (AvgIpc) is 2.34. The van der Waals surface area contributed by atoms with Gasteiger partial charge in [-0.2, -0.15) is 0 Å². The molecule has 1 atom stereocenters. The van der Waals surface area contributed by atoms with Crippen molar-refractivity contribution in [3.8, 4) is 0 Å². The van der Waals surface area contributed by atoms with Crippen LogP contribution in [-0.2, 0) is 0 Å². The van der Waals surface area contributed by atoms with Gasteiger partial charge in [-0.05, 0) is 42.9 Å². The van der Waals surface area contributed by atoms with Crippen LogP contribution >= 0.6 is 0 Å². The molecule has 0 bridgehead atoms. The second-order valence-corrected chi connectivity index (χ2v) is 4.28. The van der Waals surface area contributed by atoms with Crippen LogP contribution in [-0.4, -0.2) is 11.1 Å². The molecule has 0 heterocycles. The third-order valence-corrected chi connectivity index (χ3v) is 2.99. The van der Waals surface area contributed by atoms with Gasteiger partial charge in [0, 0.05) is 0 Å². The number of hydrogen-bond donors (Lipinski definition) is 1. The Hall–Kier alpha value is -1.57. The van der Waals surface area contributed by atoms with Crippen LogP contribution in [0.5, 0.6) is 0 Å². The fraction of sp³-hybridized carbons (Fsp3) is 0.400. The number of allylic oxidation sites excluding steroid dienone is 1. The van der Waals surface area contributed by atoms with Crippen molar-refractivity contribution in [2.45, 2.75) is 38.5 Å². The number of rotatable bonds is 7. The molecule has 0 spiro atoms. The maximum Gasteiger partial charge on any atom is 0.335 e. The number of hydrogen-bond acceptors (Lipinski definition) is 1. The van der Waals surface area contributed by atoms with Gasteiger partial charge in [-0.15, -0.1) is 6.58 Å². The van der Waals surface area contributed by atoms with E-state index in [9.17, 15) is 4.79 Å². The van der Waals surface area contributed by atoms with Crippen LogP contribution in [0.1, 0.15) is 54.4 Å². The predicted molar refractivity (Wildman–Crippen MR) is 70.5 cm³/mol. The zero-order valence-corrected chi connectivity index (χ0v) is 10.4. The summed E-state index contributed by atoms with van der Waals surface area (Å²) in [5.74, 6) is -0.351. The Morgan fingerprint density at radius 1 is 1.35 bits per heavy atom. The van der Waals surface area contributed by atoms with Crippen molar-refractivity contribution in [1.29, 1.82) is 0 Å². The summed E-state index contributed by atoms with van der Waals surface area (Å²) < 4.78 is 0. The fourth-order valence-corrected chi connectivity index (χ4v) is 2.04. The van der Waals surface area contributed by atoms with Crippen LogP contribution in [0.25, 0.3) is 0 Å². The molecular formula is C15H20O2. The van der Waals surface area contributed by atoms with Crippen LogP contribution in [0, 0.1) is 0 Å². The van der Waals surface area contributed by atoms with Crippen molar-refractivity contribution in [1.82, 2.24) is 0 Å². The molecule has 0 aliphatic rings. The summed E-state index contributed by atoms with van der Waals surface area (Å²) in [5, 5.41) is 8.85. The molecule has 92 valence electrons. The molecule has 0 saturated carbocycles. The molecule has 0 fully saturated rings. The Balaban J connectivity index is 2.78.